The van der Waals surface area contributed by atoms with Crippen LogP contribution in [-0.4, -0.2) is 35.3 Å². The number of rotatable bonds is 7. The summed E-state index contributed by atoms with van der Waals surface area (Å²) in [6.07, 6.45) is -0.850. The lowest BCUT2D eigenvalue weighted by Crippen LogP contribution is -2.42. The minimum Gasteiger partial charge on any atom is -0.443 e. The fraction of sp³-hybridized carbons (Fsp3) is 0.273. The Morgan fingerprint density at radius 1 is 1.11 bits per heavy atom. The number of nitrogens with one attached hydrogen (secondary N) is 2. The maximum atomic E-state index is 13.6. The monoisotopic (exact) mass is 519 g/mol. The Morgan fingerprint density at radius 3 is 2.60 bits per heavy atom. The van der Waals surface area contributed by atoms with Crippen LogP contribution in [0, 0.1) is 5.82 Å². The van der Waals surface area contributed by atoms with Crippen LogP contribution in [0.4, 0.5) is 9.18 Å². The van der Waals surface area contributed by atoms with Crippen molar-refractivity contribution in [2.45, 2.75) is 39.3 Å². The van der Waals surface area contributed by atoms with Crippen molar-refractivity contribution in [1.29, 1.82) is 0 Å². The lowest BCUT2D eigenvalue weighted by Gasteiger charge is -2.19. The minimum atomic E-state index is -4.18. The number of ether oxygens (including phenoxy) is 1. The van der Waals surface area contributed by atoms with Gasteiger partial charge in [0.05, 0.1) is 23.2 Å². The molecule has 0 unspecified atom stereocenters. The first-order valence-corrected chi connectivity index (χ1v) is 12.7. The molecule has 0 saturated heterocycles. The average Bonchev–Trinajstić information content (AvgIpc) is 3.36. The molecule has 184 valence electrons. The average molecular weight is 520 g/mol. The Bertz CT molecular complexity index is 1480. The van der Waals surface area contributed by atoms with E-state index in [1.165, 1.54) is 23.5 Å². The van der Waals surface area contributed by atoms with Gasteiger partial charge in [0.2, 0.25) is 11.8 Å². The Balaban J connectivity index is 1.38. The number of amides is 1. The van der Waals surface area contributed by atoms with Crippen LogP contribution >= 0.6 is 11.3 Å². The summed E-state index contributed by atoms with van der Waals surface area (Å²) in [5.41, 5.74) is 1.58. The molecule has 2 heterocycles. The third-order valence-electron chi connectivity index (χ3n) is 4.43. The van der Waals surface area contributed by atoms with Crippen molar-refractivity contribution < 1.29 is 26.8 Å². The molecule has 0 spiro atoms. The minimum absolute atomic E-state index is 0.0177. The first-order chi connectivity index (χ1) is 16.5. The van der Waals surface area contributed by atoms with Gasteiger partial charge in [-0.1, -0.05) is 18.2 Å². The molecule has 0 bridgehead atoms. The smallest absolute Gasteiger partial charge is 0.422 e. The zero-order chi connectivity index (χ0) is 25.2. The maximum Gasteiger partial charge on any atom is 0.422 e. The molecule has 0 fully saturated rings. The molecule has 2 aromatic heterocycles. The number of carbonyl (C=O) groups excluding carboxylic acids is 1. The third kappa shape index (κ3) is 6.81. The van der Waals surface area contributed by atoms with Gasteiger partial charge in [0, 0.05) is 0 Å². The van der Waals surface area contributed by atoms with E-state index in [2.05, 4.69) is 19.9 Å². The van der Waals surface area contributed by atoms with E-state index in [1.54, 1.807) is 31.6 Å². The number of carbonyl (C=O) groups is 1. The number of fused-ring (bicyclic) bond motifs is 1. The largest absolute Gasteiger partial charge is 0.443 e. The van der Waals surface area contributed by atoms with Crippen LogP contribution in [0.1, 0.15) is 37.6 Å². The number of nitrogens with zero attached hydrogens (tertiary/aromatic N) is 3. The van der Waals surface area contributed by atoms with Crippen molar-refractivity contribution in [1.82, 2.24) is 24.6 Å². The molecule has 0 aliphatic heterocycles. The second-order valence-electron chi connectivity index (χ2n) is 8.50. The zero-order valence-corrected chi connectivity index (χ0v) is 20.7. The predicted molar refractivity (Wildman–Crippen MR) is 127 cm³/mol. The lowest BCUT2D eigenvalue weighted by molar-refractivity contribution is 0.0569. The number of thiazole rings is 1. The standard InChI is InChI=1S/C22H22FN5O5S2/c1-22(2,3)33-21(29)28-35(30,31)24-12-19-27-26-18(32-19)11-20-25-16-8-7-14(10-17(16)34-20)13-5-4-6-15(23)9-13/h4-10,24H,11-12H2,1-3H3,(H,28,29). The van der Waals surface area contributed by atoms with Gasteiger partial charge in [-0.15, -0.1) is 21.5 Å². The zero-order valence-electron chi connectivity index (χ0n) is 19.0. The predicted octanol–water partition coefficient (Wildman–Crippen LogP) is 3.94. The third-order valence-corrected chi connectivity index (χ3v) is 6.41. The van der Waals surface area contributed by atoms with Crippen LogP contribution in [-0.2, 0) is 27.9 Å². The van der Waals surface area contributed by atoms with Crippen LogP contribution in [0.15, 0.2) is 46.9 Å². The van der Waals surface area contributed by atoms with Crippen molar-refractivity contribution in [3.8, 4) is 11.1 Å². The quantitative estimate of drug-likeness (QED) is 0.375. The molecule has 2 aromatic carbocycles. The Morgan fingerprint density at radius 2 is 1.86 bits per heavy atom. The van der Waals surface area contributed by atoms with E-state index >= 15 is 0 Å². The van der Waals surface area contributed by atoms with Crippen molar-refractivity contribution in [3.63, 3.8) is 0 Å². The summed E-state index contributed by atoms with van der Waals surface area (Å²) in [5.74, 6) is -0.0320. The molecule has 0 saturated carbocycles. The summed E-state index contributed by atoms with van der Waals surface area (Å²) in [6.45, 7) is 4.52. The Hall–Kier alpha value is -3.42. The van der Waals surface area contributed by atoms with Gasteiger partial charge in [-0.05, 0) is 56.2 Å². The molecular weight excluding hydrogens is 497 g/mol. The van der Waals surface area contributed by atoms with E-state index in [9.17, 15) is 17.6 Å². The fourth-order valence-corrected chi connectivity index (χ4v) is 4.70. The van der Waals surface area contributed by atoms with Gasteiger partial charge in [0.25, 0.3) is 0 Å². The molecule has 10 nitrogen and oxygen atoms in total. The molecule has 35 heavy (non-hydrogen) atoms. The summed E-state index contributed by atoms with van der Waals surface area (Å²) in [6, 6.07) is 12.0. The number of halogens is 1. The van der Waals surface area contributed by atoms with Crippen LogP contribution in [0.3, 0.4) is 0 Å². The number of benzene rings is 2. The summed E-state index contributed by atoms with van der Waals surface area (Å²) >= 11 is 1.44. The molecule has 4 aromatic rings. The van der Waals surface area contributed by atoms with E-state index in [0.29, 0.717) is 0 Å². The topological polar surface area (TPSA) is 136 Å². The SMILES string of the molecule is CC(C)(C)OC(=O)NS(=O)(=O)NCc1nnc(Cc2nc3ccc(-c4cccc(F)c4)cc3s2)o1. The highest BCUT2D eigenvalue weighted by Gasteiger charge is 2.22. The van der Waals surface area contributed by atoms with E-state index < -0.39 is 21.9 Å². The van der Waals surface area contributed by atoms with Gasteiger partial charge in [-0.3, -0.25) is 0 Å². The van der Waals surface area contributed by atoms with Gasteiger partial charge < -0.3 is 9.15 Å². The number of hydrogen-bond donors (Lipinski definition) is 2. The molecule has 1 amide bonds. The first-order valence-electron chi connectivity index (χ1n) is 10.4. The fourth-order valence-electron chi connectivity index (χ4n) is 3.06. The van der Waals surface area contributed by atoms with E-state index in [0.717, 1.165) is 26.4 Å². The van der Waals surface area contributed by atoms with E-state index in [1.807, 2.05) is 24.3 Å². The highest BCUT2D eigenvalue weighted by Crippen LogP contribution is 2.29. The molecule has 2 N–H and O–H groups in total. The maximum absolute atomic E-state index is 13.6. The molecule has 0 atom stereocenters. The van der Waals surface area contributed by atoms with Crippen LogP contribution in [0.2, 0.25) is 0 Å². The second kappa shape index (κ2) is 9.68. The lowest BCUT2D eigenvalue weighted by atomic mass is 10.1. The van der Waals surface area contributed by atoms with Crippen LogP contribution < -0.4 is 9.44 Å². The van der Waals surface area contributed by atoms with Crippen LogP contribution in [0.5, 0.6) is 0 Å². The summed E-state index contributed by atoms with van der Waals surface area (Å²) < 4.78 is 52.8. The van der Waals surface area contributed by atoms with Gasteiger partial charge in [-0.2, -0.15) is 13.1 Å². The molecule has 0 aliphatic rings. The Labute approximate surface area is 204 Å². The van der Waals surface area contributed by atoms with Crippen LogP contribution in [0.25, 0.3) is 21.3 Å². The second-order valence-corrected chi connectivity index (χ2v) is 11.1. The summed E-state index contributed by atoms with van der Waals surface area (Å²) in [4.78, 5) is 16.2. The Kier molecular flexibility index (Phi) is 6.83. The van der Waals surface area contributed by atoms with Crippen molar-refractivity contribution in [2.75, 3.05) is 0 Å². The summed E-state index contributed by atoms with van der Waals surface area (Å²) in [5, 5.41) is 8.47. The molecular formula is C22H22FN5O5S2. The van der Waals surface area contributed by atoms with Crippen molar-refractivity contribution in [3.05, 3.63) is 65.1 Å². The molecule has 0 aliphatic carbocycles. The first kappa shape index (κ1) is 24.7. The van der Waals surface area contributed by atoms with E-state index in [4.69, 9.17) is 9.15 Å². The van der Waals surface area contributed by atoms with Gasteiger partial charge in [0.1, 0.15) is 16.4 Å². The molecule has 0 radical (unpaired) electrons. The normalized spacial score (nSPS) is 12.1. The van der Waals surface area contributed by atoms with E-state index in [-0.39, 0.29) is 30.6 Å². The molecule has 13 heteroatoms. The highest BCUT2D eigenvalue weighted by atomic mass is 32.2. The van der Waals surface area contributed by atoms with Gasteiger partial charge in [0.15, 0.2) is 0 Å². The number of aromatic nitrogens is 3. The van der Waals surface area contributed by atoms with Crippen molar-refractivity contribution >= 4 is 37.9 Å². The molecule has 4 rings (SSSR count). The van der Waals surface area contributed by atoms with Crippen molar-refractivity contribution in [2.24, 2.45) is 0 Å². The highest BCUT2D eigenvalue weighted by molar-refractivity contribution is 7.88. The summed E-state index contributed by atoms with van der Waals surface area (Å²) in [7, 11) is -4.18. The number of hydrogen-bond acceptors (Lipinski definition) is 9. The van der Waals surface area contributed by atoms with Gasteiger partial charge in [-0.25, -0.2) is 18.9 Å². The van der Waals surface area contributed by atoms with Gasteiger partial charge >= 0.3 is 16.3 Å².